The van der Waals surface area contributed by atoms with Crippen LogP contribution in [-0.2, 0) is 14.4 Å². The van der Waals surface area contributed by atoms with Crippen molar-refractivity contribution in [2.24, 2.45) is 0 Å². The zero-order valence-corrected chi connectivity index (χ0v) is 15.2. The van der Waals surface area contributed by atoms with Crippen molar-refractivity contribution in [1.82, 2.24) is 10.2 Å². The zero-order valence-electron chi connectivity index (χ0n) is 15.2. The van der Waals surface area contributed by atoms with Gasteiger partial charge in [0.25, 0.3) is 11.8 Å². The van der Waals surface area contributed by atoms with Crippen molar-refractivity contribution in [3.8, 4) is 11.5 Å². The number of benzene rings is 1. The minimum atomic E-state index is -1.38. The summed E-state index contributed by atoms with van der Waals surface area (Å²) in [4.78, 5) is 48.8. The van der Waals surface area contributed by atoms with Gasteiger partial charge < -0.3 is 19.4 Å². The molecule has 1 N–H and O–H groups in total. The van der Waals surface area contributed by atoms with Crippen LogP contribution in [0, 0.1) is 0 Å². The number of nitrogens with zero attached hydrogens (tertiary/aromatic N) is 1. The van der Waals surface area contributed by atoms with Gasteiger partial charge in [-0.25, -0.2) is 4.79 Å². The van der Waals surface area contributed by atoms with Gasteiger partial charge in [-0.1, -0.05) is 18.9 Å². The Hall–Kier alpha value is -3.36. The molecule has 1 aliphatic carbocycles. The van der Waals surface area contributed by atoms with Crippen molar-refractivity contribution in [3.63, 3.8) is 0 Å². The first-order valence-corrected chi connectivity index (χ1v) is 8.82. The van der Waals surface area contributed by atoms with E-state index in [0.717, 1.165) is 30.6 Å². The van der Waals surface area contributed by atoms with Gasteiger partial charge >= 0.3 is 6.03 Å². The predicted octanol–water partition coefficient (Wildman–Crippen LogP) is 0.228. The molecule has 9 heteroatoms. The summed E-state index contributed by atoms with van der Waals surface area (Å²) in [6, 6.07) is 3.59. The number of ether oxygens (including phenoxy) is 2. The lowest BCUT2D eigenvalue weighted by Gasteiger charge is -2.31. The molecule has 2 aliphatic rings. The molecular weight excluding hydrogens is 368 g/mol. The van der Waals surface area contributed by atoms with Gasteiger partial charge in [0.2, 0.25) is 0 Å². The first-order chi connectivity index (χ1) is 13.4. The lowest BCUT2D eigenvalue weighted by Crippen LogP contribution is -2.57. The molecule has 0 aromatic heterocycles. The number of carboxylic acid groups (broad SMARTS) is 1. The Labute approximate surface area is 160 Å². The van der Waals surface area contributed by atoms with Crippen LogP contribution in [0.4, 0.5) is 4.79 Å². The van der Waals surface area contributed by atoms with Gasteiger partial charge in [-0.05, 0) is 36.6 Å². The maximum absolute atomic E-state index is 12.8. The lowest BCUT2D eigenvalue weighted by atomic mass is 10.0. The molecule has 0 unspecified atom stereocenters. The summed E-state index contributed by atoms with van der Waals surface area (Å²) < 4.78 is 10.2. The molecule has 0 atom stereocenters. The Kier molecular flexibility index (Phi) is 5.62. The molecule has 0 radical (unpaired) electrons. The summed E-state index contributed by atoms with van der Waals surface area (Å²) in [5.41, 5.74) is 0.300. The molecule has 1 saturated heterocycles. The smallest absolute Gasteiger partial charge is 0.331 e. The van der Waals surface area contributed by atoms with E-state index in [-0.39, 0.29) is 23.1 Å². The summed E-state index contributed by atoms with van der Waals surface area (Å²) >= 11 is 0. The maximum atomic E-state index is 12.8. The fraction of sp³-hybridized carbons (Fsp3) is 0.368. The number of methoxy groups -OCH3 is 1. The summed E-state index contributed by atoms with van der Waals surface area (Å²) in [7, 11) is 1.37. The number of hydrogen-bond acceptors (Lipinski definition) is 7. The van der Waals surface area contributed by atoms with E-state index in [4.69, 9.17) is 9.47 Å². The van der Waals surface area contributed by atoms with Crippen LogP contribution in [0.15, 0.2) is 23.8 Å². The molecule has 0 spiro atoms. The third-order valence-corrected chi connectivity index (χ3v) is 4.67. The summed E-state index contributed by atoms with van der Waals surface area (Å²) in [5, 5.41) is 12.8. The minimum Gasteiger partial charge on any atom is -0.546 e. The quantitative estimate of drug-likeness (QED) is 0.547. The van der Waals surface area contributed by atoms with E-state index in [1.54, 1.807) is 0 Å². The summed E-state index contributed by atoms with van der Waals surface area (Å²) in [6.45, 7) is -0.643. The number of aliphatic carboxylic acids is 1. The normalized spacial score (nSPS) is 19.1. The van der Waals surface area contributed by atoms with E-state index in [2.05, 4.69) is 5.32 Å². The van der Waals surface area contributed by atoms with Crippen LogP contribution in [0.3, 0.4) is 0 Å². The Balaban J connectivity index is 1.88. The second kappa shape index (κ2) is 8.12. The molecular formula is C19H19N2O7-. The average Bonchev–Trinajstić information content (AvgIpc) is 3.17. The number of carboxylic acids is 1. The maximum Gasteiger partial charge on any atom is 0.331 e. The molecule has 3 rings (SSSR count). The molecule has 1 heterocycles. The molecule has 148 valence electrons. The Morgan fingerprint density at radius 2 is 1.96 bits per heavy atom. The zero-order chi connectivity index (χ0) is 20.3. The van der Waals surface area contributed by atoms with Gasteiger partial charge in [0.15, 0.2) is 11.5 Å². The standard InChI is InChI=1S/C19H20N2O7/c1-27-15-9-11(6-7-14(15)28-10-16(22)23)8-13-17(24)20-19(26)21(18(13)25)12-4-2-3-5-12/h6-9,12H,2-5,10H2,1H3,(H,22,23)(H,20,24,26)/p-1/b13-8+. The van der Waals surface area contributed by atoms with E-state index in [1.165, 1.54) is 31.4 Å². The fourth-order valence-corrected chi connectivity index (χ4v) is 3.36. The van der Waals surface area contributed by atoms with Gasteiger partial charge in [0, 0.05) is 6.04 Å². The van der Waals surface area contributed by atoms with Crippen molar-refractivity contribution in [2.45, 2.75) is 31.7 Å². The SMILES string of the molecule is COc1cc(/C=C2\C(=O)NC(=O)N(C3CCCC3)C2=O)ccc1OCC(=O)[O-]. The molecule has 1 saturated carbocycles. The Morgan fingerprint density at radius 3 is 2.61 bits per heavy atom. The number of barbiturate groups is 1. The number of nitrogens with one attached hydrogen (secondary N) is 1. The van der Waals surface area contributed by atoms with E-state index >= 15 is 0 Å². The lowest BCUT2D eigenvalue weighted by molar-refractivity contribution is -0.307. The monoisotopic (exact) mass is 387 g/mol. The van der Waals surface area contributed by atoms with E-state index in [9.17, 15) is 24.3 Å². The van der Waals surface area contributed by atoms with Gasteiger partial charge in [-0.15, -0.1) is 0 Å². The fourth-order valence-electron chi connectivity index (χ4n) is 3.36. The van der Waals surface area contributed by atoms with Crippen molar-refractivity contribution in [1.29, 1.82) is 0 Å². The van der Waals surface area contributed by atoms with E-state index < -0.39 is 30.4 Å². The number of imide groups is 2. The average molecular weight is 387 g/mol. The topological polar surface area (TPSA) is 125 Å². The van der Waals surface area contributed by atoms with Gasteiger partial charge in [-0.3, -0.25) is 19.8 Å². The van der Waals surface area contributed by atoms with Crippen LogP contribution in [0.25, 0.3) is 6.08 Å². The van der Waals surface area contributed by atoms with Crippen LogP contribution >= 0.6 is 0 Å². The highest BCUT2D eigenvalue weighted by Crippen LogP contribution is 2.30. The van der Waals surface area contributed by atoms with Gasteiger partial charge in [-0.2, -0.15) is 0 Å². The van der Waals surface area contributed by atoms with Crippen molar-refractivity contribution in [3.05, 3.63) is 29.3 Å². The van der Waals surface area contributed by atoms with Crippen LogP contribution in [0.5, 0.6) is 11.5 Å². The molecule has 0 bridgehead atoms. The third-order valence-electron chi connectivity index (χ3n) is 4.67. The Bertz CT molecular complexity index is 856. The second-order valence-electron chi connectivity index (χ2n) is 6.50. The predicted molar refractivity (Wildman–Crippen MR) is 94.1 cm³/mol. The molecule has 4 amide bonds. The minimum absolute atomic E-state index is 0.156. The number of rotatable bonds is 6. The van der Waals surface area contributed by atoms with Gasteiger partial charge in [0.1, 0.15) is 12.2 Å². The highest BCUT2D eigenvalue weighted by atomic mass is 16.5. The second-order valence-corrected chi connectivity index (χ2v) is 6.50. The first kappa shape index (κ1) is 19.4. The first-order valence-electron chi connectivity index (χ1n) is 8.82. The summed E-state index contributed by atoms with van der Waals surface area (Å²) in [5.74, 6) is -2.37. The van der Waals surface area contributed by atoms with Crippen LogP contribution in [0.2, 0.25) is 0 Å². The number of hydrogen-bond donors (Lipinski definition) is 1. The molecule has 28 heavy (non-hydrogen) atoms. The van der Waals surface area contributed by atoms with Crippen molar-refractivity contribution in [2.75, 3.05) is 13.7 Å². The van der Waals surface area contributed by atoms with Crippen LogP contribution in [-0.4, -0.2) is 48.5 Å². The van der Waals surface area contributed by atoms with E-state index in [0.29, 0.717) is 5.56 Å². The highest BCUT2D eigenvalue weighted by molar-refractivity contribution is 6.31. The number of carbonyl (C=O) groups is 4. The third kappa shape index (κ3) is 3.98. The number of amides is 4. The van der Waals surface area contributed by atoms with Crippen LogP contribution in [0.1, 0.15) is 31.2 Å². The molecule has 9 nitrogen and oxygen atoms in total. The molecule has 1 aromatic rings. The van der Waals surface area contributed by atoms with Crippen molar-refractivity contribution < 1.29 is 33.8 Å². The van der Waals surface area contributed by atoms with Crippen molar-refractivity contribution >= 4 is 29.9 Å². The number of carbonyl (C=O) groups excluding carboxylic acids is 4. The Morgan fingerprint density at radius 1 is 1.25 bits per heavy atom. The van der Waals surface area contributed by atoms with E-state index in [1.807, 2.05) is 0 Å². The van der Waals surface area contributed by atoms with Crippen LogP contribution < -0.4 is 19.9 Å². The highest BCUT2D eigenvalue weighted by Gasteiger charge is 2.40. The number of urea groups is 1. The molecule has 1 aromatic carbocycles. The molecule has 2 fully saturated rings. The largest absolute Gasteiger partial charge is 0.546 e. The summed E-state index contributed by atoms with van der Waals surface area (Å²) in [6.07, 6.45) is 4.66. The molecule has 1 aliphatic heterocycles. The van der Waals surface area contributed by atoms with Gasteiger partial charge in [0.05, 0.1) is 13.1 Å².